The molecule has 1 aliphatic rings. The first kappa shape index (κ1) is 9.33. The standard InChI is InChI=1S/C10H13NS/c1-3-6-9-7-5-8-11-10(9)12-4-2/h3-5,7-10H,1-2,6H2. The van der Waals surface area contributed by atoms with Gasteiger partial charge in [-0.1, -0.05) is 18.7 Å². The molecule has 0 aromatic heterocycles. The Morgan fingerprint density at radius 3 is 3.00 bits per heavy atom. The van der Waals surface area contributed by atoms with Gasteiger partial charge in [0.05, 0.1) is 0 Å². The fourth-order valence-corrected chi connectivity index (χ4v) is 1.90. The van der Waals surface area contributed by atoms with Crippen molar-refractivity contribution >= 4 is 18.0 Å². The highest BCUT2D eigenvalue weighted by atomic mass is 32.2. The number of dihydropyridines is 1. The molecule has 0 aromatic rings. The van der Waals surface area contributed by atoms with Crippen LogP contribution in [0.1, 0.15) is 6.42 Å². The Balaban J connectivity index is 2.56. The molecule has 0 fully saturated rings. The second kappa shape index (κ2) is 4.99. The van der Waals surface area contributed by atoms with E-state index in [1.165, 1.54) is 0 Å². The molecule has 0 bridgehead atoms. The summed E-state index contributed by atoms with van der Waals surface area (Å²) >= 11 is 1.67. The number of hydrogen-bond acceptors (Lipinski definition) is 2. The zero-order valence-corrected chi connectivity index (χ0v) is 7.83. The first-order valence-electron chi connectivity index (χ1n) is 3.95. The number of nitrogens with zero attached hydrogens (tertiary/aromatic N) is 1. The van der Waals surface area contributed by atoms with Crippen molar-refractivity contribution in [2.75, 3.05) is 0 Å². The Hall–Kier alpha value is -0.760. The van der Waals surface area contributed by atoms with Crippen LogP contribution in [0.2, 0.25) is 0 Å². The Morgan fingerprint density at radius 1 is 1.50 bits per heavy atom. The number of allylic oxidation sites excluding steroid dienone is 2. The van der Waals surface area contributed by atoms with Crippen LogP contribution >= 0.6 is 11.8 Å². The van der Waals surface area contributed by atoms with E-state index in [0.29, 0.717) is 11.3 Å². The summed E-state index contributed by atoms with van der Waals surface area (Å²) in [6.07, 6.45) is 8.94. The Labute approximate surface area is 78.0 Å². The lowest BCUT2D eigenvalue weighted by Gasteiger charge is -2.19. The maximum atomic E-state index is 4.35. The largest absolute Gasteiger partial charge is 0.278 e. The third-order valence-corrected chi connectivity index (χ3v) is 2.66. The van der Waals surface area contributed by atoms with E-state index in [-0.39, 0.29) is 0 Å². The molecule has 1 aliphatic heterocycles. The van der Waals surface area contributed by atoms with Gasteiger partial charge in [-0.2, -0.15) is 0 Å². The first-order chi connectivity index (χ1) is 5.88. The first-order valence-corrected chi connectivity index (χ1v) is 4.90. The Bertz CT molecular complexity index is 194. The van der Waals surface area contributed by atoms with Crippen LogP contribution in [0.15, 0.2) is 41.8 Å². The minimum atomic E-state index is 0.297. The van der Waals surface area contributed by atoms with Gasteiger partial charge >= 0.3 is 0 Å². The van der Waals surface area contributed by atoms with Crippen LogP contribution in [0, 0.1) is 5.92 Å². The van der Waals surface area contributed by atoms with Crippen LogP contribution in [0.4, 0.5) is 0 Å². The van der Waals surface area contributed by atoms with Gasteiger partial charge in [0, 0.05) is 12.1 Å². The summed E-state index contributed by atoms with van der Waals surface area (Å²) in [5.74, 6) is 0.482. The molecule has 0 N–H and O–H groups in total. The molecule has 64 valence electrons. The maximum Gasteiger partial charge on any atom is 0.106 e. The van der Waals surface area contributed by atoms with Gasteiger partial charge in [0.2, 0.25) is 0 Å². The highest BCUT2D eigenvalue weighted by molar-refractivity contribution is 8.02. The van der Waals surface area contributed by atoms with Gasteiger partial charge in [0.15, 0.2) is 0 Å². The fourth-order valence-electron chi connectivity index (χ4n) is 1.15. The lowest BCUT2D eigenvalue weighted by molar-refractivity contribution is 0.636. The average molecular weight is 179 g/mol. The monoisotopic (exact) mass is 179 g/mol. The summed E-state index contributed by atoms with van der Waals surface area (Å²) in [6, 6.07) is 0. The predicted octanol–water partition coefficient (Wildman–Crippen LogP) is 3.02. The second-order valence-corrected chi connectivity index (χ2v) is 3.65. The van der Waals surface area contributed by atoms with E-state index in [4.69, 9.17) is 0 Å². The number of thioether (sulfide) groups is 1. The molecule has 2 unspecified atom stereocenters. The molecule has 0 radical (unpaired) electrons. The Morgan fingerprint density at radius 2 is 2.33 bits per heavy atom. The van der Waals surface area contributed by atoms with Gasteiger partial charge < -0.3 is 0 Å². The summed E-state index contributed by atoms with van der Waals surface area (Å²) in [5, 5.41) is 2.14. The van der Waals surface area contributed by atoms with E-state index in [1.807, 2.05) is 23.8 Å². The van der Waals surface area contributed by atoms with Gasteiger partial charge in [-0.25, -0.2) is 0 Å². The molecule has 2 atom stereocenters. The van der Waals surface area contributed by atoms with Crippen molar-refractivity contribution in [1.82, 2.24) is 0 Å². The Kier molecular flexibility index (Phi) is 3.88. The van der Waals surface area contributed by atoms with Crippen LogP contribution < -0.4 is 0 Å². The van der Waals surface area contributed by atoms with Gasteiger partial charge in [-0.05, 0) is 17.9 Å². The van der Waals surface area contributed by atoms with Gasteiger partial charge in [-0.3, -0.25) is 4.99 Å². The number of hydrogen-bond donors (Lipinski definition) is 0. The van der Waals surface area contributed by atoms with E-state index >= 15 is 0 Å². The highest BCUT2D eigenvalue weighted by Gasteiger charge is 2.17. The summed E-state index contributed by atoms with van der Waals surface area (Å²) in [6.45, 7) is 7.42. The SMILES string of the molecule is C=CCC1C=CC=NC1SC=C. The normalized spacial score (nSPS) is 27.0. The molecule has 1 heterocycles. The smallest absolute Gasteiger partial charge is 0.106 e. The summed E-state index contributed by atoms with van der Waals surface area (Å²) < 4.78 is 0. The predicted molar refractivity (Wildman–Crippen MR) is 57.5 cm³/mol. The molecule has 2 heteroatoms. The molecule has 0 aliphatic carbocycles. The quantitative estimate of drug-likeness (QED) is 0.604. The van der Waals surface area contributed by atoms with Crippen molar-refractivity contribution in [2.45, 2.75) is 11.8 Å². The zero-order chi connectivity index (χ0) is 8.81. The van der Waals surface area contributed by atoms with E-state index in [2.05, 4.69) is 24.2 Å². The molecule has 0 saturated carbocycles. The van der Waals surface area contributed by atoms with Crippen LogP contribution in [-0.2, 0) is 0 Å². The maximum absolute atomic E-state index is 4.35. The topological polar surface area (TPSA) is 12.4 Å². The van der Waals surface area contributed by atoms with E-state index < -0.39 is 0 Å². The lowest BCUT2D eigenvalue weighted by Crippen LogP contribution is -2.14. The zero-order valence-electron chi connectivity index (χ0n) is 7.02. The molecule has 12 heavy (non-hydrogen) atoms. The molecule has 0 spiro atoms. The van der Waals surface area contributed by atoms with Crippen LogP contribution in [-0.4, -0.2) is 11.6 Å². The molecule has 1 nitrogen and oxygen atoms in total. The van der Waals surface area contributed by atoms with E-state index in [0.717, 1.165) is 6.42 Å². The van der Waals surface area contributed by atoms with Crippen LogP contribution in [0.25, 0.3) is 0 Å². The average Bonchev–Trinajstić information content (AvgIpc) is 2.09. The van der Waals surface area contributed by atoms with E-state index in [9.17, 15) is 0 Å². The molecule has 0 saturated heterocycles. The van der Waals surface area contributed by atoms with E-state index in [1.54, 1.807) is 11.8 Å². The molecule has 1 rings (SSSR count). The second-order valence-electron chi connectivity index (χ2n) is 2.56. The van der Waals surface area contributed by atoms with Crippen molar-refractivity contribution in [3.8, 4) is 0 Å². The van der Waals surface area contributed by atoms with Crippen molar-refractivity contribution in [2.24, 2.45) is 10.9 Å². The lowest BCUT2D eigenvalue weighted by atomic mass is 10.0. The summed E-state index contributed by atoms with van der Waals surface area (Å²) in [5.41, 5.74) is 0. The van der Waals surface area contributed by atoms with Crippen LogP contribution in [0.3, 0.4) is 0 Å². The highest BCUT2D eigenvalue weighted by Crippen LogP contribution is 2.27. The van der Waals surface area contributed by atoms with Crippen molar-refractivity contribution in [3.05, 3.63) is 36.8 Å². The van der Waals surface area contributed by atoms with Crippen molar-refractivity contribution in [1.29, 1.82) is 0 Å². The van der Waals surface area contributed by atoms with Crippen molar-refractivity contribution in [3.63, 3.8) is 0 Å². The molecule has 0 aromatic carbocycles. The van der Waals surface area contributed by atoms with Gasteiger partial charge in [-0.15, -0.1) is 18.3 Å². The molecular weight excluding hydrogens is 166 g/mol. The fraction of sp³-hybridized carbons (Fsp3) is 0.300. The molecule has 0 amide bonds. The molecular formula is C10H13NS. The third-order valence-electron chi connectivity index (χ3n) is 1.72. The number of aliphatic imine (C=N–C) groups is 1. The van der Waals surface area contributed by atoms with Gasteiger partial charge in [0.1, 0.15) is 5.37 Å². The van der Waals surface area contributed by atoms with Crippen LogP contribution in [0.5, 0.6) is 0 Å². The van der Waals surface area contributed by atoms with Gasteiger partial charge in [0.25, 0.3) is 0 Å². The minimum absolute atomic E-state index is 0.297. The number of rotatable bonds is 4. The summed E-state index contributed by atoms with van der Waals surface area (Å²) in [7, 11) is 0. The third kappa shape index (κ3) is 2.38. The summed E-state index contributed by atoms with van der Waals surface area (Å²) in [4.78, 5) is 4.35. The minimum Gasteiger partial charge on any atom is -0.278 e. The van der Waals surface area contributed by atoms with Crippen molar-refractivity contribution < 1.29 is 0 Å².